The summed E-state index contributed by atoms with van der Waals surface area (Å²) in [6.45, 7) is 3.75. The number of hydrogen-bond donors (Lipinski definition) is 1. The highest BCUT2D eigenvalue weighted by atomic mass is 35.5. The Morgan fingerprint density at radius 2 is 1.63 bits per heavy atom. The number of aromatic nitrogens is 2. The highest BCUT2D eigenvalue weighted by Crippen LogP contribution is 2.35. The van der Waals surface area contributed by atoms with Gasteiger partial charge in [0.25, 0.3) is 0 Å². The second kappa shape index (κ2) is 7.80. The molecule has 1 aromatic heterocycles. The lowest BCUT2D eigenvalue weighted by atomic mass is 10.1. The molecule has 1 N–H and O–H groups in total. The quantitative estimate of drug-likeness (QED) is 0.651. The molecule has 0 spiro atoms. The molecular weight excluding hydrogens is 387 g/mol. The van der Waals surface area contributed by atoms with Crippen LogP contribution in [0.4, 0.5) is 0 Å². The Bertz CT molecular complexity index is 990. The molecule has 0 radical (unpaired) electrons. The first-order valence-electron chi connectivity index (χ1n) is 8.47. The van der Waals surface area contributed by atoms with Crippen LogP contribution in [0.5, 0.6) is 11.6 Å². The Morgan fingerprint density at radius 3 is 2.19 bits per heavy atom. The number of benzene rings is 2. The number of halogens is 2. The van der Waals surface area contributed by atoms with Crippen LogP contribution in [-0.4, -0.2) is 14.2 Å². The average molecular weight is 407 g/mol. The van der Waals surface area contributed by atoms with Gasteiger partial charge in [-0.15, -0.1) is 0 Å². The van der Waals surface area contributed by atoms with Gasteiger partial charge < -0.3 is 9.84 Å². The molecule has 0 aliphatic carbocycles. The first-order valence-corrected chi connectivity index (χ1v) is 9.23. The van der Waals surface area contributed by atoms with E-state index in [4.69, 9.17) is 27.9 Å². The van der Waals surface area contributed by atoms with Crippen molar-refractivity contribution >= 4 is 23.2 Å². The van der Waals surface area contributed by atoms with Gasteiger partial charge in [0, 0.05) is 23.1 Å². The highest BCUT2D eigenvalue weighted by Gasteiger charge is 2.28. The summed E-state index contributed by atoms with van der Waals surface area (Å²) in [5.41, 5.74) is 0.733. The number of ether oxygens (including phenoxy) is 1. The average Bonchev–Trinajstić information content (AvgIpc) is 2.85. The summed E-state index contributed by atoms with van der Waals surface area (Å²) in [7, 11) is 1.61. The predicted molar refractivity (Wildman–Crippen MR) is 107 cm³/mol. The van der Waals surface area contributed by atoms with Crippen LogP contribution in [0, 0.1) is 0 Å². The molecule has 0 aliphatic rings. The van der Waals surface area contributed by atoms with Crippen LogP contribution in [0.2, 0.25) is 10.0 Å². The van der Waals surface area contributed by atoms with Gasteiger partial charge in [-0.2, -0.15) is 0 Å². The van der Waals surface area contributed by atoms with Crippen LogP contribution in [0.15, 0.2) is 53.3 Å². The van der Waals surface area contributed by atoms with Crippen LogP contribution < -0.4 is 10.4 Å². The molecular formula is C20H20Cl2N2O3. The number of aliphatic hydroxyl groups is 1. The zero-order chi connectivity index (χ0) is 19.7. The molecule has 1 heterocycles. The maximum absolute atomic E-state index is 12.8. The van der Waals surface area contributed by atoms with E-state index < -0.39 is 6.10 Å². The Balaban J connectivity index is 2.18. The van der Waals surface area contributed by atoms with Gasteiger partial charge in [0.1, 0.15) is 17.5 Å². The van der Waals surface area contributed by atoms with E-state index in [2.05, 4.69) is 0 Å². The van der Waals surface area contributed by atoms with Gasteiger partial charge in [-0.3, -0.25) is 9.13 Å². The number of aliphatic hydroxyl groups excluding tert-OH is 1. The van der Waals surface area contributed by atoms with Crippen molar-refractivity contribution in [3.8, 4) is 11.6 Å². The molecule has 2 aromatic carbocycles. The van der Waals surface area contributed by atoms with E-state index >= 15 is 0 Å². The van der Waals surface area contributed by atoms with Crippen molar-refractivity contribution in [1.82, 2.24) is 9.13 Å². The van der Waals surface area contributed by atoms with Gasteiger partial charge in [0.05, 0.1) is 0 Å². The van der Waals surface area contributed by atoms with Crippen molar-refractivity contribution in [3.05, 3.63) is 80.3 Å². The Kier molecular flexibility index (Phi) is 5.65. The molecule has 7 heteroatoms. The summed E-state index contributed by atoms with van der Waals surface area (Å²) in [4.78, 5) is 12.8. The lowest BCUT2D eigenvalue weighted by Gasteiger charge is -2.17. The molecule has 1 unspecified atom stereocenters. The molecule has 3 aromatic rings. The van der Waals surface area contributed by atoms with Gasteiger partial charge in [-0.1, -0.05) is 53.5 Å². The monoisotopic (exact) mass is 406 g/mol. The van der Waals surface area contributed by atoms with E-state index in [-0.39, 0.29) is 17.6 Å². The maximum atomic E-state index is 12.8. The number of nitrogens with zero attached hydrogens (tertiary/aromatic N) is 2. The largest absolute Gasteiger partial charge is 0.439 e. The second-order valence-electron chi connectivity index (χ2n) is 6.52. The highest BCUT2D eigenvalue weighted by molar-refractivity contribution is 6.34. The molecule has 0 saturated heterocycles. The third-order valence-corrected chi connectivity index (χ3v) is 4.67. The fraction of sp³-hybridized carbons (Fsp3) is 0.250. The minimum Gasteiger partial charge on any atom is -0.439 e. The Hall–Kier alpha value is -2.21. The summed E-state index contributed by atoms with van der Waals surface area (Å²) in [6.07, 6.45) is -1.03. The molecule has 27 heavy (non-hydrogen) atoms. The van der Waals surface area contributed by atoms with Gasteiger partial charge in [0.2, 0.25) is 5.88 Å². The smallest absolute Gasteiger partial charge is 0.331 e. The minimum absolute atomic E-state index is 0.176. The molecule has 0 bridgehead atoms. The lowest BCUT2D eigenvalue weighted by molar-refractivity contribution is 0.206. The number of imidazole rings is 1. The van der Waals surface area contributed by atoms with Gasteiger partial charge in [-0.25, -0.2) is 4.79 Å². The van der Waals surface area contributed by atoms with Crippen LogP contribution >= 0.6 is 23.2 Å². The second-order valence-corrected chi connectivity index (χ2v) is 7.39. The van der Waals surface area contributed by atoms with Crippen LogP contribution in [0.1, 0.15) is 37.3 Å². The van der Waals surface area contributed by atoms with E-state index in [9.17, 15) is 9.90 Å². The van der Waals surface area contributed by atoms with Gasteiger partial charge in [-0.05, 0) is 37.6 Å². The molecule has 5 nitrogen and oxygen atoms in total. The molecule has 142 valence electrons. The van der Waals surface area contributed by atoms with Crippen LogP contribution in [0.3, 0.4) is 0 Å². The normalized spacial score (nSPS) is 12.4. The summed E-state index contributed by atoms with van der Waals surface area (Å²) in [5, 5.41) is 11.8. The summed E-state index contributed by atoms with van der Waals surface area (Å²) < 4.78 is 8.92. The first kappa shape index (κ1) is 19.5. The van der Waals surface area contributed by atoms with Gasteiger partial charge >= 0.3 is 5.69 Å². The van der Waals surface area contributed by atoms with Crippen molar-refractivity contribution in [1.29, 1.82) is 0 Å². The van der Waals surface area contributed by atoms with E-state index in [1.165, 1.54) is 9.13 Å². The van der Waals surface area contributed by atoms with Crippen molar-refractivity contribution in [2.45, 2.75) is 26.0 Å². The Morgan fingerprint density at radius 1 is 1.04 bits per heavy atom. The summed E-state index contributed by atoms with van der Waals surface area (Å²) in [5.74, 6) is 0.640. The van der Waals surface area contributed by atoms with E-state index in [0.717, 1.165) is 0 Å². The lowest BCUT2D eigenvalue weighted by Crippen LogP contribution is -2.24. The molecule has 0 aliphatic heterocycles. The van der Waals surface area contributed by atoms with Gasteiger partial charge in [0.15, 0.2) is 0 Å². The standard InChI is InChI=1S/C20H20Cl2N2O3/c1-12(2)24-19(27-16-10-14(21)9-15(22)11-16)17(23(3)20(24)26)18(25)13-7-5-4-6-8-13/h4-12,18,25H,1-3H3. The predicted octanol–water partition coefficient (Wildman–Crippen LogP) is 4.95. The first-order chi connectivity index (χ1) is 12.8. The summed E-state index contributed by atoms with van der Waals surface area (Å²) in [6, 6.07) is 13.7. The maximum Gasteiger partial charge on any atom is 0.331 e. The fourth-order valence-electron chi connectivity index (χ4n) is 2.97. The van der Waals surface area contributed by atoms with Crippen molar-refractivity contribution in [3.63, 3.8) is 0 Å². The van der Waals surface area contributed by atoms with Crippen LogP contribution in [0.25, 0.3) is 0 Å². The topological polar surface area (TPSA) is 56.4 Å². The number of rotatable bonds is 5. The van der Waals surface area contributed by atoms with Crippen molar-refractivity contribution in [2.75, 3.05) is 0 Å². The molecule has 1 atom stereocenters. The zero-order valence-corrected chi connectivity index (χ0v) is 16.7. The fourth-order valence-corrected chi connectivity index (χ4v) is 3.47. The van der Waals surface area contributed by atoms with E-state index in [0.29, 0.717) is 27.1 Å². The van der Waals surface area contributed by atoms with Crippen molar-refractivity contribution in [2.24, 2.45) is 7.05 Å². The molecule has 0 amide bonds. The molecule has 3 rings (SSSR count). The SMILES string of the molecule is CC(C)n1c(Oc2cc(Cl)cc(Cl)c2)c(C(O)c2ccccc2)n(C)c1=O. The number of hydrogen-bond acceptors (Lipinski definition) is 3. The third-order valence-electron chi connectivity index (χ3n) is 4.23. The summed E-state index contributed by atoms with van der Waals surface area (Å²) >= 11 is 12.1. The molecule has 0 saturated carbocycles. The third kappa shape index (κ3) is 3.90. The Labute approximate surface area is 167 Å². The molecule has 0 fully saturated rings. The van der Waals surface area contributed by atoms with E-state index in [1.54, 1.807) is 37.4 Å². The zero-order valence-electron chi connectivity index (χ0n) is 15.2. The van der Waals surface area contributed by atoms with E-state index in [1.807, 2.05) is 32.0 Å². The minimum atomic E-state index is -1.03. The van der Waals surface area contributed by atoms with Crippen molar-refractivity contribution < 1.29 is 9.84 Å². The van der Waals surface area contributed by atoms with Crippen LogP contribution in [-0.2, 0) is 7.05 Å².